The van der Waals surface area contributed by atoms with Gasteiger partial charge in [-0.05, 0) is 127 Å². The Morgan fingerprint density at radius 3 is 1.43 bits per heavy atom. The number of carbonyl (C=O) groups is 2. The quantitative estimate of drug-likeness (QED) is 0.0151. The van der Waals surface area contributed by atoms with Crippen molar-refractivity contribution in [1.82, 2.24) is 0 Å². The van der Waals surface area contributed by atoms with Crippen molar-refractivity contribution in [3.8, 4) is 23.0 Å². The number of hydrogen-bond acceptors (Lipinski definition) is 26. The molecule has 6 aromatic rings. The van der Waals surface area contributed by atoms with Crippen molar-refractivity contribution >= 4 is 131 Å². The van der Waals surface area contributed by atoms with Crippen LogP contribution in [0, 0.1) is 0 Å². The van der Waals surface area contributed by atoms with Crippen LogP contribution in [0.15, 0.2) is 159 Å². The van der Waals surface area contributed by atoms with Crippen molar-refractivity contribution in [2.75, 3.05) is 24.7 Å². The van der Waals surface area contributed by atoms with Gasteiger partial charge in [0, 0.05) is 18.0 Å². The van der Waals surface area contributed by atoms with Gasteiger partial charge in [0.05, 0.1) is 62.6 Å². The first-order valence-corrected chi connectivity index (χ1v) is 32.3. The number of phenols is 4. The van der Waals surface area contributed by atoms with E-state index in [2.05, 4.69) is 38.8 Å². The number of carboxylic acid groups (broad SMARTS) is 2. The SMILES string of the molecule is O=C(O)c1cc(Cc2ccc(N=Nc3ccc(O)c(/C=C/C=Nc4ccc(S(=O)(=O)CCOS(=O)(=O)O)cc4S(=O)(=O)O)c3O)c(C(=O)O)c2)ccc1N=C/C=C/c1ccc(O)c(N=Nc2ccc(S(=O)(=O)CCOS(=O)(=O)O)cc2S(=O)(=O)O)c1O. The van der Waals surface area contributed by atoms with E-state index in [1.807, 2.05) is 0 Å². The molecule has 0 radical (unpaired) electrons. The number of nitrogens with zero attached hydrogens (tertiary/aromatic N) is 6. The van der Waals surface area contributed by atoms with E-state index < -0.39 is 157 Å². The number of aromatic carboxylic acids is 2. The van der Waals surface area contributed by atoms with Crippen LogP contribution in [-0.4, -0.2) is 148 Å². The Balaban J connectivity index is 1.15. The highest BCUT2D eigenvalue weighted by Crippen LogP contribution is 2.42. The second kappa shape index (κ2) is 27.1. The van der Waals surface area contributed by atoms with Crippen LogP contribution in [0.4, 0.5) is 34.1 Å². The highest BCUT2D eigenvalue weighted by molar-refractivity contribution is 7.92. The minimum Gasteiger partial charge on any atom is -0.507 e. The van der Waals surface area contributed by atoms with Gasteiger partial charge in [0.15, 0.2) is 36.9 Å². The number of hydrogen-bond donors (Lipinski definition) is 10. The summed E-state index contributed by atoms with van der Waals surface area (Å²) in [6.45, 7) is -2.08. The Labute approximate surface area is 492 Å². The molecule has 0 atom stereocenters. The van der Waals surface area contributed by atoms with Crippen LogP contribution in [0.2, 0.25) is 0 Å². The van der Waals surface area contributed by atoms with Crippen molar-refractivity contribution in [2.45, 2.75) is 26.0 Å². The number of carboxylic acids is 2. The summed E-state index contributed by atoms with van der Waals surface area (Å²) in [6.07, 6.45) is 6.67. The third kappa shape index (κ3) is 18.5. The molecule has 0 aromatic heterocycles. The molecule has 6 rings (SSSR count). The number of azo groups is 2. The van der Waals surface area contributed by atoms with E-state index in [1.54, 1.807) is 0 Å². The van der Waals surface area contributed by atoms with Crippen molar-refractivity contribution in [2.24, 2.45) is 30.4 Å². The smallest absolute Gasteiger partial charge is 0.397 e. The fourth-order valence-electron chi connectivity index (χ4n) is 7.27. The molecular weight excluding hydrogens is 1280 g/mol. The van der Waals surface area contributed by atoms with Gasteiger partial charge in [0.25, 0.3) is 20.2 Å². The zero-order chi connectivity index (χ0) is 64.5. The second-order valence-electron chi connectivity index (χ2n) is 17.2. The Bertz CT molecular complexity index is 4650. The van der Waals surface area contributed by atoms with E-state index in [0.29, 0.717) is 23.3 Å². The summed E-state index contributed by atoms with van der Waals surface area (Å²) in [4.78, 5) is 29.3. The third-order valence-corrected chi connectivity index (χ3v) is 17.3. The van der Waals surface area contributed by atoms with Gasteiger partial charge in [-0.25, -0.2) is 34.8 Å². The van der Waals surface area contributed by atoms with E-state index in [9.17, 15) is 99.8 Å². The number of benzene rings is 6. The lowest BCUT2D eigenvalue weighted by Gasteiger charge is -2.09. The van der Waals surface area contributed by atoms with E-state index >= 15 is 0 Å². The summed E-state index contributed by atoms with van der Waals surface area (Å²) >= 11 is 0. The molecule has 0 aliphatic heterocycles. The molecule has 0 saturated heterocycles. The Kier molecular flexibility index (Phi) is 20.9. The molecule has 0 aliphatic carbocycles. The lowest BCUT2D eigenvalue weighted by molar-refractivity contribution is 0.0687. The summed E-state index contributed by atoms with van der Waals surface area (Å²) in [5, 5.41) is 78.2. The normalized spacial score (nSPS) is 13.1. The predicted molar refractivity (Wildman–Crippen MR) is 303 cm³/mol. The minimum atomic E-state index is -5.23. The lowest BCUT2D eigenvalue weighted by Crippen LogP contribution is -2.16. The predicted octanol–water partition coefficient (Wildman–Crippen LogP) is 6.84. The maximum Gasteiger partial charge on any atom is 0.397 e. The molecular formula is C49H42N6O26S6. The van der Waals surface area contributed by atoms with E-state index in [0.717, 1.165) is 67.0 Å². The molecule has 32 nitrogen and oxygen atoms in total. The highest BCUT2D eigenvalue weighted by atomic mass is 32.3. The summed E-state index contributed by atoms with van der Waals surface area (Å²) in [7, 11) is -29.3. The number of phenolic OH excluding ortho intramolecular Hbond substituents is 4. The van der Waals surface area contributed by atoms with Crippen LogP contribution in [0.1, 0.15) is 43.0 Å². The molecule has 6 aromatic carbocycles. The average molecular weight is 1320 g/mol. The van der Waals surface area contributed by atoms with Gasteiger partial charge in [-0.15, -0.1) is 20.5 Å². The van der Waals surface area contributed by atoms with Crippen molar-refractivity contribution < 1.29 is 117 Å². The lowest BCUT2D eigenvalue weighted by atomic mass is 9.99. The monoisotopic (exact) mass is 1320 g/mol. The van der Waals surface area contributed by atoms with Crippen molar-refractivity contribution in [3.63, 3.8) is 0 Å². The zero-order valence-corrected chi connectivity index (χ0v) is 48.3. The maximum atomic E-state index is 12.7. The fourth-order valence-corrected chi connectivity index (χ4v) is 11.7. The maximum absolute atomic E-state index is 12.7. The van der Waals surface area contributed by atoms with E-state index in [-0.39, 0.29) is 45.7 Å². The van der Waals surface area contributed by atoms with Crippen LogP contribution < -0.4 is 0 Å². The molecule has 87 heavy (non-hydrogen) atoms. The van der Waals surface area contributed by atoms with Crippen molar-refractivity contribution in [1.29, 1.82) is 0 Å². The van der Waals surface area contributed by atoms with E-state index in [4.69, 9.17) is 9.11 Å². The number of aliphatic imine (C=N–C) groups is 2. The molecule has 0 aliphatic rings. The molecule has 0 amide bonds. The summed E-state index contributed by atoms with van der Waals surface area (Å²) < 4.78 is 187. The zero-order valence-electron chi connectivity index (χ0n) is 43.4. The van der Waals surface area contributed by atoms with Crippen LogP contribution in [0.5, 0.6) is 23.0 Å². The Hall–Kier alpha value is -9.06. The second-order valence-corrected chi connectivity index (χ2v) is 26.4. The first-order valence-electron chi connectivity index (χ1n) is 23.4. The molecule has 460 valence electrons. The molecule has 0 heterocycles. The highest BCUT2D eigenvalue weighted by Gasteiger charge is 2.25. The standard InChI is InChI=1S/C49H42N6O26S6/c56-41-16-14-40(47(59)33(41)4-2-18-51-38-12-8-31(26-43(38)84(68,69)70)82(64,65)21-19-80-86(74,75)76)54-52-37-11-6-29(25-35(37)49(62)63)23-28-5-10-36(34(24-28)48(60)61)50-17-1-3-30-7-15-42(57)45(46(30)58)55-53-39-13-9-32(27-44(39)85(71,72)73)83(66,67)22-20-81-87(77,78)79/h1-18,24-27,56-59H,19-23H2,(H,60,61)(H,62,63)(H,68,69,70)(H,71,72,73)(H,74,75,76)(H,77,78,79)/b3-1+,4-2+,50-17?,51-18?,54-52?,55-53?. The molecule has 38 heteroatoms. The van der Waals surface area contributed by atoms with Gasteiger partial charge in [0.2, 0.25) is 0 Å². The van der Waals surface area contributed by atoms with Crippen LogP contribution in [0.25, 0.3) is 12.2 Å². The van der Waals surface area contributed by atoms with Gasteiger partial charge < -0.3 is 30.6 Å². The van der Waals surface area contributed by atoms with Crippen LogP contribution >= 0.6 is 0 Å². The number of allylic oxidation sites excluding steroid dienone is 2. The summed E-state index contributed by atoms with van der Waals surface area (Å²) in [5.41, 5.74) is -2.67. The van der Waals surface area contributed by atoms with E-state index in [1.165, 1.54) is 54.6 Å². The molecule has 0 saturated carbocycles. The summed E-state index contributed by atoms with van der Waals surface area (Å²) in [5.74, 6) is -7.59. The first-order chi connectivity index (χ1) is 40.4. The van der Waals surface area contributed by atoms with Gasteiger partial charge in [-0.2, -0.15) is 33.7 Å². The molecule has 0 spiro atoms. The Morgan fingerprint density at radius 1 is 0.460 bits per heavy atom. The van der Waals surface area contributed by atoms with Crippen LogP contribution in [-0.2, 0) is 75.5 Å². The molecule has 0 fully saturated rings. The first kappa shape index (κ1) is 67.1. The van der Waals surface area contributed by atoms with Crippen molar-refractivity contribution in [3.05, 3.63) is 143 Å². The van der Waals surface area contributed by atoms with Crippen LogP contribution in [0.3, 0.4) is 0 Å². The molecule has 0 unspecified atom stereocenters. The van der Waals surface area contributed by atoms with Gasteiger partial charge in [-0.1, -0.05) is 12.1 Å². The number of sulfone groups is 2. The minimum absolute atomic E-state index is 0.0240. The number of rotatable bonds is 26. The topological polar surface area (TPSA) is 534 Å². The molecule has 10 N–H and O–H groups in total. The van der Waals surface area contributed by atoms with Gasteiger partial charge in [0.1, 0.15) is 38.4 Å². The summed E-state index contributed by atoms with van der Waals surface area (Å²) in [6, 6.07) is 16.9. The largest absolute Gasteiger partial charge is 0.507 e. The number of aromatic hydroxyl groups is 4. The third-order valence-electron chi connectivity index (χ3n) is 11.3. The van der Waals surface area contributed by atoms with Gasteiger partial charge in [-0.3, -0.25) is 28.2 Å². The molecule has 0 bridgehead atoms. The average Bonchev–Trinajstić information content (AvgIpc) is 1.25. The van der Waals surface area contributed by atoms with Gasteiger partial charge >= 0.3 is 32.7 Å². The fraction of sp³-hybridized carbons (Fsp3) is 0.102. The Morgan fingerprint density at radius 2 is 0.897 bits per heavy atom.